The summed E-state index contributed by atoms with van der Waals surface area (Å²) < 4.78 is 0. The van der Waals surface area contributed by atoms with Crippen molar-refractivity contribution in [3.63, 3.8) is 0 Å². The van der Waals surface area contributed by atoms with E-state index in [4.69, 9.17) is 0 Å². The van der Waals surface area contributed by atoms with Crippen LogP contribution in [0, 0.1) is 5.92 Å². The molecule has 0 aromatic rings. The van der Waals surface area contributed by atoms with Crippen LogP contribution in [0.2, 0.25) is 0 Å². The minimum Gasteiger partial charge on any atom is -0.300 e. The van der Waals surface area contributed by atoms with E-state index in [2.05, 4.69) is 0 Å². The molecule has 0 rings (SSSR count). The largest absolute Gasteiger partial charge is 0.300 e. The maximum atomic E-state index is 10.3. The van der Waals surface area contributed by atoms with Gasteiger partial charge < -0.3 is 4.79 Å². The van der Waals surface area contributed by atoms with Crippen LogP contribution < -0.4 is 0 Å². The van der Waals surface area contributed by atoms with E-state index in [1.54, 1.807) is 6.92 Å². The number of ketones is 1. The molecule has 0 aliphatic heterocycles. The monoisotopic (exact) mass is 207 g/mol. The van der Waals surface area contributed by atoms with Gasteiger partial charge in [0.1, 0.15) is 5.78 Å². The molecule has 0 N–H and O–H groups in total. The van der Waals surface area contributed by atoms with E-state index in [0.717, 1.165) is 6.42 Å². The first-order chi connectivity index (χ1) is 3.13. The zero-order valence-corrected chi connectivity index (χ0v) is 6.98. The molecule has 0 unspecified atom stereocenters. The Morgan fingerprint density at radius 1 is 1.50 bits per heavy atom. The van der Waals surface area contributed by atoms with Gasteiger partial charge in [0.15, 0.2) is 0 Å². The Morgan fingerprint density at radius 3 is 1.88 bits per heavy atom. The van der Waals surface area contributed by atoms with Crippen LogP contribution in [0.3, 0.4) is 0 Å². The van der Waals surface area contributed by atoms with Crippen LogP contribution in [0.25, 0.3) is 0 Å². The fourth-order valence-electron chi connectivity index (χ4n) is 0.575. The molecule has 0 saturated heterocycles. The van der Waals surface area contributed by atoms with Crippen LogP contribution in [0.1, 0.15) is 27.2 Å². The minimum atomic E-state index is 0. The second kappa shape index (κ2) is 5.55. The molecule has 1 radical (unpaired) electrons. The number of hydrogen-bond donors (Lipinski definition) is 0. The molecule has 0 heterocycles. The molecule has 0 spiro atoms. The van der Waals surface area contributed by atoms with E-state index in [1.165, 1.54) is 0 Å². The van der Waals surface area contributed by atoms with Crippen molar-refractivity contribution in [1.29, 1.82) is 0 Å². The van der Waals surface area contributed by atoms with Crippen molar-refractivity contribution in [2.45, 2.75) is 27.2 Å². The number of carbonyl (C=O) groups is 1. The molecule has 0 saturated carbocycles. The Labute approximate surface area is 66.4 Å². The Morgan fingerprint density at radius 2 is 1.88 bits per heavy atom. The maximum absolute atomic E-state index is 10.3. The van der Waals surface area contributed by atoms with Crippen molar-refractivity contribution in [3.05, 3.63) is 0 Å². The third-order valence-electron chi connectivity index (χ3n) is 0.696. The maximum Gasteiger partial charge on any atom is 0.130 e. The summed E-state index contributed by atoms with van der Waals surface area (Å²) in [5, 5.41) is 0. The molecule has 8 heavy (non-hydrogen) atoms. The van der Waals surface area contributed by atoms with E-state index in [-0.39, 0.29) is 28.2 Å². The summed E-state index contributed by atoms with van der Waals surface area (Å²) in [5.74, 6) is 0.813. The summed E-state index contributed by atoms with van der Waals surface area (Å²) in [6.45, 7) is 5.71. The van der Waals surface area contributed by atoms with Gasteiger partial charge in [0.25, 0.3) is 0 Å². The van der Waals surface area contributed by atoms with Gasteiger partial charge in [-0.15, -0.1) is 0 Å². The molecule has 0 aliphatic carbocycles. The van der Waals surface area contributed by atoms with Crippen LogP contribution in [-0.2, 0) is 27.2 Å². The molecular weight excluding hydrogens is 196 g/mol. The van der Waals surface area contributed by atoms with Crippen molar-refractivity contribution in [2.24, 2.45) is 5.92 Å². The van der Waals surface area contributed by atoms with Gasteiger partial charge in [0, 0.05) is 28.8 Å². The SMILES string of the molecule is CC(=O)CC(C)C.[Ag]. The minimum absolute atomic E-state index is 0. The van der Waals surface area contributed by atoms with E-state index in [9.17, 15) is 4.79 Å². The second-order valence-corrected chi connectivity index (χ2v) is 2.30. The normalized spacial score (nSPS) is 8.50. The molecule has 0 fully saturated rings. The fraction of sp³-hybridized carbons (Fsp3) is 0.833. The topological polar surface area (TPSA) is 17.1 Å². The number of Topliss-reactive ketones (excluding diaryl/α,β-unsaturated/α-hetero) is 1. The van der Waals surface area contributed by atoms with Gasteiger partial charge in [0.2, 0.25) is 0 Å². The molecular formula is C6H12AgO. The zero-order chi connectivity index (χ0) is 5.86. The van der Waals surface area contributed by atoms with E-state index >= 15 is 0 Å². The Bertz CT molecular complexity index is 68.9. The van der Waals surface area contributed by atoms with Crippen LogP contribution in [0.15, 0.2) is 0 Å². The van der Waals surface area contributed by atoms with Crippen LogP contribution in [0.5, 0.6) is 0 Å². The van der Waals surface area contributed by atoms with Gasteiger partial charge in [-0.3, -0.25) is 0 Å². The summed E-state index contributed by atoms with van der Waals surface area (Å²) in [6.07, 6.45) is 0.722. The average molecular weight is 208 g/mol. The summed E-state index contributed by atoms with van der Waals surface area (Å²) in [6, 6.07) is 0. The van der Waals surface area contributed by atoms with Crippen molar-refractivity contribution in [2.75, 3.05) is 0 Å². The Kier molecular flexibility index (Phi) is 7.79. The molecule has 0 aliphatic rings. The van der Waals surface area contributed by atoms with E-state index < -0.39 is 0 Å². The number of hydrogen-bond acceptors (Lipinski definition) is 1. The first-order valence-corrected chi connectivity index (χ1v) is 2.62. The van der Waals surface area contributed by atoms with Crippen molar-refractivity contribution in [3.8, 4) is 0 Å². The molecule has 0 bridgehead atoms. The van der Waals surface area contributed by atoms with Crippen molar-refractivity contribution >= 4 is 5.78 Å². The molecule has 2 heteroatoms. The molecule has 53 valence electrons. The summed E-state index contributed by atoms with van der Waals surface area (Å²) in [4.78, 5) is 10.3. The quantitative estimate of drug-likeness (QED) is 0.630. The standard InChI is InChI=1S/C6H12O.Ag/c1-5(2)4-6(3)7;/h5H,4H2,1-3H3;. The molecule has 0 aromatic carbocycles. The average Bonchev–Trinajstić information content (AvgIpc) is 1.27. The van der Waals surface area contributed by atoms with E-state index in [0.29, 0.717) is 5.92 Å². The summed E-state index contributed by atoms with van der Waals surface area (Å²) in [5.41, 5.74) is 0. The van der Waals surface area contributed by atoms with Crippen LogP contribution in [0.4, 0.5) is 0 Å². The predicted molar refractivity (Wildman–Crippen MR) is 30.1 cm³/mol. The van der Waals surface area contributed by atoms with Crippen molar-refractivity contribution < 1.29 is 27.2 Å². The third kappa shape index (κ3) is 9.65. The van der Waals surface area contributed by atoms with Gasteiger partial charge >= 0.3 is 0 Å². The predicted octanol–water partition coefficient (Wildman–Crippen LogP) is 1.62. The number of rotatable bonds is 2. The van der Waals surface area contributed by atoms with Gasteiger partial charge in [-0.25, -0.2) is 0 Å². The Hall–Kier alpha value is 0.410. The first-order valence-electron chi connectivity index (χ1n) is 2.62. The molecule has 0 amide bonds. The van der Waals surface area contributed by atoms with Crippen LogP contribution in [-0.4, -0.2) is 5.78 Å². The van der Waals surface area contributed by atoms with Gasteiger partial charge in [-0.1, -0.05) is 13.8 Å². The molecule has 1 nitrogen and oxygen atoms in total. The Balaban J connectivity index is 0. The van der Waals surface area contributed by atoms with E-state index in [1.807, 2.05) is 13.8 Å². The zero-order valence-electron chi connectivity index (χ0n) is 5.49. The van der Waals surface area contributed by atoms with Gasteiger partial charge in [0.05, 0.1) is 0 Å². The molecule has 0 aromatic heterocycles. The second-order valence-electron chi connectivity index (χ2n) is 2.30. The third-order valence-corrected chi connectivity index (χ3v) is 0.696. The van der Waals surface area contributed by atoms with Crippen LogP contribution >= 0.6 is 0 Å². The van der Waals surface area contributed by atoms with Crippen molar-refractivity contribution in [1.82, 2.24) is 0 Å². The van der Waals surface area contributed by atoms with Gasteiger partial charge in [-0.2, -0.15) is 0 Å². The van der Waals surface area contributed by atoms with Gasteiger partial charge in [-0.05, 0) is 12.8 Å². The number of carbonyl (C=O) groups excluding carboxylic acids is 1. The summed E-state index contributed by atoms with van der Waals surface area (Å²) in [7, 11) is 0. The summed E-state index contributed by atoms with van der Waals surface area (Å²) >= 11 is 0. The smallest absolute Gasteiger partial charge is 0.130 e. The fourth-order valence-corrected chi connectivity index (χ4v) is 0.575. The molecule has 0 atom stereocenters. The first kappa shape index (κ1) is 11.2.